The van der Waals surface area contributed by atoms with E-state index in [2.05, 4.69) is 197 Å². The normalized spacial score (nSPS) is 15.8. The van der Waals surface area contributed by atoms with E-state index in [-0.39, 0.29) is 203 Å². The van der Waals surface area contributed by atoms with Gasteiger partial charge in [-0.15, -0.1) is 11.8 Å². The molecule has 4 rings (SSSR count). The number of rotatable bonds is 17. The molecule has 0 N–H and O–H groups in total. The molecule has 0 nitrogen and oxygen atoms in total. The summed E-state index contributed by atoms with van der Waals surface area (Å²) < 4.78 is 1.72. The van der Waals surface area contributed by atoms with Crippen LogP contribution in [0.15, 0.2) is 0 Å². The van der Waals surface area contributed by atoms with Crippen LogP contribution in [0.5, 0.6) is 0 Å². The van der Waals surface area contributed by atoms with Crippen molar-refractivity contribution in [3.05, 3.63) is 0 Å². The molecular formula is C23H60S20Sn9. The summed E-state index contributed by atoms with van der Waals surface area (Å²) in [5, 5.41) is 6.33. The molecule has 4 aliphatic heterocycles. The summed E-state index contributed by atoms with van der Waals surface area (Å²) in [6.45, 7) is 11.3. The quantitative estimate of drug-likeness (QED) is 0.0770. The maximum atomic E-state index is 2.36. The van der Waals surface area contributed by atoms with Crippen LogP contribution in [0, 0.1) is 0 Å². The molecule has 0 aromatic heterocycles. The zero-order valence-electron chi connectivity index (χ0n) is 27.3. The van der Waals surface area contributed by atoms with Crippen LogP contribution in [-0.4, -0.2) is 234 Å². The van der Waals surface area contributed by atoms with E-state index in [9.17, 15) is 0 Å². The third-order valence-corrected chi connectivity index (χ3v) is 141. The second-order valence-electron chi connectivity index (χ2n) is 6.85. The summed E-state index contributed by atoms with van der Waals surface area (Å²) >= 11 is 4.10. The van der Waals surface area contributed by atoms with Crippen LogP contribution in [0.3, 0.4) is 0 Å². The predicted molar refractivity (Wildman–Crippen MR) is 328 cm³/mol. The van der Waals surface area contributed by atoms with E-state index in [0.717, 1.165) is 11.9 Å². The van der Waals surface area contributed by atoms with E-state index in [4.69, 9.17) is 0 Å². The molecule has 4 fully saturated rings. The molecule has 0 aliphatic carbocycles. The molecule has 4 saturated heterocycles. The molecule has 0 bridgehead atoms. The first kappa shape index (κ1) is 80.3. The van der Waals surface area contributed by atoms with Crippen molar-refractivity contribution in [1.82, 2.24) is 0 Å². The number of hydrogen-bond acceptors (Lipinski definition) is 20. The average Bonchev–Trinajstić information content (AvgIpc) is 2.95. The Bertz CT molecular complexity index is 528. The molecule has 308 valence electrons. The molecular weight excluding hydrogens is 1990 g/mol. The zero-order valence-corrected chi connectivity index (χ0v) is 69.3. The third-order valence-electron chi connectivity index (χ3n) is 3.10. The van der Waals surface area contributed by atoms with Crippen LogP contribution < -0.4 is 0 Å². The van der Waals surface area contributed by atoms with Gasteiger partial charge in [0.2, 0.25) is 0 Å². The zero-order chi connectivity index (χ0) is 35.1. The summed E-state index contributed by atoms with van der Waals surface area (Å²) in [5.74, 6) is 4.03. The van der Waals surface area contributed by atoms with Crippen LogP contribution >= 0.6 is 185 Å². The van der Waals surface area contributed by atoms with Crippen LogP contribution in [0.2, 0.25) is 0 Å². The first-order valence-corrected chi connectivity index (χ1v) is 95.7. The molecule has 0 atom stereocenters. The van der Waals surface area contributed by atoms with Gasteiger partial charge in [0.1, 0.15) is 0 Å². The van der Waals surface area contributed by atoms with Crippen molar-refractivity contribution < 1.29 is 0 Å². The van der Waals surface area contributed by atoms with Crippen LogP contribution in [0.1, 0.15) is 71.8 Å². The molecule has 1 spiro atoms. The second kappa shape index (κ2) is 69.4. The van der Waals surface area contributed by atoms with Gasteiger partial charge < -0.3 is 0 Å². The van der Waals surface area contributed by atoms with Crippen LogP contribution in [0.25, 0.3) is 0 Å². The Labute approximate surface area is 477 Å². The molecule has 0 saturated carbocycles. The summed E-state index contributed by atoms with van der Waals surface area (Å²) in [7, 11) is 40.4. The van der Waals surface area contributed by atoms with Gasteiger partial charge in [-0.1, -0.05) is 51.0 Å². The first-order chi connectivity index (χ1) is 22.9. The summed E-state index contributed by atoms with van der Waals surface area (Å²) in [6, 6.07) is 0. The van der Waals surface area contributed by atoms with E-state index in [0.29, 0.717) is 0 Å². The van der Waals surface area contributed by atoms with Crippen molar-refractivity contribution >= 4 is 350 Å². The minimum atomic E-state index is -0.141. The standard InChI is InChI=1S/C5H12S2.3C2H6S.CH4S4.CH4S3.3CH4S2.2CH4S.5CH4.9Sn/c1-5(2)7-4-6-3;3*1-2-3;2-1(3,4)5;2-1(3)4;3*2-1-3;2*1-2;;;;;;;;;;;;;;/h5H,4H2,1-3H3;3*3H,2H2,1H3;2-5H;1-4H;3*2-3H,1H2;2*2H,1H3;5*1H4;;;;;;;;;/q;;;;;;;;;;;;;;;;9*+2/p-18. The molecule has 0 unspecified atom stereocenters. The fourth-order valence-electron chi connectivity index (χ4n) is 1.36. The SMILES string of the molecule is C.C.C.C.C.C1[S][Sn][S]1.C1[S][Sn][S]C[S][Sn][S]1.CC[S][Sn][S]C([S][Sn][S]CC)[S][Sn][S]CC.CSCSC(C)C.C[S][Sn][S]C.[S]1[Sn][S]C12[S][Sn][S]2. The average molecular weight is 2050 g/mol. The fraction of sp³-hybridized carbons (Fsp3) is 1.00. The Morgan fingerprint density at radius 1 is 0.538 bits per heavy atom. The summed E-state index contributed by atoms with van der Waals surface area (Å²) in [6.07, 6.45) is 6.50. The Hall–Kier alpha value is 14.2. The number of hydrogen-bond donors (Lipinski definition) is 0. The van der Waals surface area contributed by atoms with E-state index < -0.39 is 0 Å². The molecule has 52 heavy (non-hydrogen) atoms. The van der Waals surface area contributed by atoms with Crippen molar-refractivity contribution in [3.63, 3.8) is 0 Å². The molecule has 4 aliphatic rings. The van der Waals surface area contributed by atoms with Gasteiger partial charge in [0.05, 0.1) is 0 Å². The molecule has 29 heteroatoms. The monoisotopic (exact) mass is 2060 g/mol. The van der Waals surface area contributed by atoms with Crippen molar-refractivity contribution in [1.29, 1.82) is 0 Å². The van der Waals surface area contributed by atoms with E-state index in [1.807, 2.05) is 41.4 Å². The second-order valence-corrected chi connectivity index (χ2v) is 112. The predicted octanol–water partition coefficient (Wildman–Crippen LogP) is 15.7. The van der Waals surface area contributed by atoms with Gasteiger partial charge in [0, 0.05) is 5.08 Å². The molecule has 4 heterocycles. The van der Waals surface area contributed by atoms with Crippen molar-refractivity contribution in [3.8, 4) is 0 Å². The topological polar surface area (TPSA) is 0 Å². The third kappa shape index (κ3) is 64.2. The maximum absolute atomic E-state index is 2.36. The van der Waals surface area contributed by atoms with Crippen LogP contribution in [-0.2, 0) is 0 Å². The summed E-state index contributed by atoms with van der Waals surface area (Å²) in [5.41, 5.74) is 0. The first-order valence-electron chi connectivity index (χ1n) is 13.1. The van der Waals surface area contributed by atoms with Crippen molar-refractivity contribution in [2.24, 2.45) is 0 Å². The van der Waals surface area contributed by atoms with Crippen molar-refractivity contribution in [2.45, 2.75) is 83.7 Å². The molecule has 0 aromatic rings. The van der Waals surface area contributed by atoms with Gasteiger partial charge >= 0.3 is 399 Å². The minimum absolute atomic E-state index is 0. The van der Waals surface area contributed by atoms with E-state index in [1.165, 1.54) is 37.6 Å². The van der Waals surface area contributed by atoms with E-state index in [1.54, 1.807) is 0 Å². The Morgan fingerprint density at radius 3 is 1.02 bits per heavy atom. The fourth-order valence-corrected chi connectivity index (χ4v) is 188. The van der Waals surface area contributed by atoms with Crippen LogP contribution in [0.4, 0.5) is 0 Å². The van der Waals surface area contributed by atoms with Gasteiger partial charge in [-0.3, -0.25) is 0 Å². The van der Waals surface area contributed by atoms with Gasteiger partial charge in [0.15, 0.2) is 0 Å². The molecule has 0 aromatic carbocycles. The molecule has 18 radical (unpaired) electrons. The summed E-state index contributed by atoms with van der Waals surface area (Å²) in [4.78, 5) is 0. The van der Waals surface area contributed by atoms with Gasteiger partial charge in [-0.05, 0) is 11.5 Å². The Balaban J connectivity index is -0.0000000970. The Morgan fingerprint density at radius 2 is 0.865 bits per heavy atom. The van der Waals surface area contributed by atoms with E-state index >= 15 is 0 Å². The van der Waals surface area contributed by atoms with Crippen molar-refractivity contribution in [2.75, 3.05) is 56.4 Å². The van der Waals surface area contributed by atoms with Gasteiger partial charge in [-0.2, -0.15) is 11.8 Å². The van der Waals surface area contributed by atoms with Gasteiger partial charge in [0.25, 0.3) is 0 Å². The molecule has 0 amide bonds. The number of thioether (sulfide) groups is 2. The van der Waals surface area contributed by atoms with Gasteiger partial charge in [-0.25, -0.2) is 0 Å². The Kier molecular flexibility index (Phi) is 107.